The second kappa shape index (κ2) is 10.6. The fraction of sp³-hybridized carbons (Fsp3) is 0.323. The number of anilines is 2. The quantitative estimate of drug-likeness (QED) is 0.345. The summed E-state index contributed by atoms with van der Waals surface area (Å²) < 4.78 is 42.0. The number of likely N-dealkylation sites (tertiary alicyclic amines) is 2. The number of alkyl halides is 3. The molecule has 12 heteroatoms. The molecule has 0 bridgehead atoms. The third-order valence-electron chi connectivity index (χ3n) is 7.88. The van der Waals surface area contributed by atoms with Gasteiger partial charge in [0.05, 0.1) is 34.3 Å². The number of carbonyl (C=O) groups is 1. The Hall–Kier alpha value is -4.60. The lowest BCUT2D eigenvalue weighted by molar-refractivity contribution is -0.139. The molecule has 0 unspecified atom stereocenters. The summed E-state index contributed by atoms with van der Waals surface area (Å²) in [5, 5.41) is 2.57. The number of carbonyl (C=O) groups excluding carboxylic acids is 1. The third-order valence-corrected chi connectivity index (χ3v) is 7.88. The topological polar surface area (TPSA) is 113 Å². The van der Waals surface area contributed by atoms with Gasteiger partial charge in [0.2, 0.25) is 0 Å². The maximum atomic E-state index is 14.0. The molecule has 2 saturated heterocycles. The number of halogens is 3. The van der Waals surface area contributed by atoms with Gasteiger partial charge in [-0.2, -0.15) is 13.2 Å². The zero-order valence-corrected chi connectivity index (χ0v) is 23.9. The normalized spacial score (nSPS) is 16.3. The Balaban J connectivity index is 1.19. The Bertz CT molecular complexity index is 1810. The van der Waals surface area contributed by atoms with Crippen LogP contribution in [-0.4, -0.2) is 68.9 Å². The second-order valence-electron chi connectivity index (χ2n) is 11.5. The number of hydrogen-bond donors (Lipinski definition) is 2. The number of nitrogens with two attached hydrogens (primary N) is 1. The van der Waals surface area contributed by atoms with E-state index in [0.29, 0.717) is 22.2 Å². The van der Waals surface area contributed by atoms with E-state index < -0.39 is 17.6 Å². The number of fused-ring (bicyclic) bond motifs is 1. The monoisotopic (exact) mass is 586 g/mol. The van der Waals surface area contributed by atoms with Gasteiger partial charge in [-0.1, -0.05) is 17.9 Å². The largest absolute Gasteiger partial charge is 0.416 e. The van der Waals surface area contributed by atoms with Crippen molar-refractivity contribution in [3.63, 3.8) is 0 Å². The van der Waals surface area contributed by atoms with Crippen LogP contribution < -0.4 is 11.1 Å². The molecule has 43 heavy (non-hydrogen) atoms. The van der Waals surface area contributed by atoms with Crippen molar-refractivity contribution in [2.75, 3.05) is 44.3 Å². The van der Waals surface area contributed by atoms with E-state index in [1.165, 1.54) is 36.8 Å². The van der Waals surface area contributed by atoms with Gasteiger partial charge in [0.15, 0.2) is 0 Å². The molecule has 0 saturated carbocycles. The van der Waals surface area contributed by atoms with Crippen LogP contribution in [0.1, 0.15) is 44.0 Å². The highest BCUT2D eigenvalue weighted by Gasteiger charge is 2.50. The standard InChI is InChI=1S/C31H29F3N8O/c1-18-19(2)39-27-24(28(35)37-12-26(27)38-18)7-4-20-8-22(11-36-10-20)29(43)40-23-6-5-21(25(9-23)31(32,33)34)13-42-16-30(17-42)14-41(3)15-30/h5-6,8-12H,13-17H2,1-3H3,(H2,35,37)(H,40,43). The number of amides is 1. The number of rotatable bonds is 4. The Morgan fingerprint density at radius 3 is 2.51 bits per heavy atom. The number of pyridine rings is 2. The smallest absolute Gasteiger partial charge is 0.383 e. The zero-order valence-electron chi connectivity index (χ0n) is 23.9. The van der Waals surface area contributed by atoms with Crippen molar-refractivity contribution in [2.45, 2.75) is 26.6 Å². The van der Waals surface area contributed by atoms with Crippen molar-refractivity contribution >= 4 is 28.4 Å². The Kier molecular flexibility index (Phi) is 7.02. The minimum atomic E-state index is -4.56. The van der Waals surface area contributed by atoms with E-state index in [-0.39, 0.29) is 34.6 Å². The van der Waals surface area contributed by atoms with Crippen molar-refractivity contribution < 1.29 is 18.0 Å². The van der Waals surface area contributed by atoms with Crippen molar-refractivity contribution in [3.05, 3.63) is 82.1 Å². The fourth-order valence-corrected chi connectivity index (χ4v) is 5.91. The van der Waals surface area contributed by atoms with Crippen LogP contribution in [0.2, 0.25) is 0 Å². The summed E-state index contributed by atoms with van der Waals surface area (Å²) in [6.45, 7) is 7.42. The molecular weight excluding hydrogens is 557 g/mol. The summed E-state index contributed by atoms with van der Waals surface area (Å²) in [7, 11) is 2.04. The van der Waals surface area contributed by atoms with Gasteiger partial charge in [-0.15, -0.1) is 0 Å². The summed E-state index contributed by atoms with van der Waals surface area (Å²) in [5.74, 6) is 5.47. The second-order valence-corrected chi connectivity index (χ2v) is 11.5. The minimum absolute atomic E-state index is 0.0390. The molecule has 9 nitrogen and oxygen atoms in total. The molecule has 220 valence electrons. The summed E-state index contributed by atoms with van der Waals surface area (Å²) in [6, 6.07) is 5.41. The molecule has 1 amide bonds. The van der Waals surface area contributed by atoms with Gasteiger partial charge in [0.25, 0.3) is 5.91 Å². The number of benzene rings is 1. The molecular formula is C31H29F3N8O. The summed E-state index contributed by atoms with van der Waals surface area (Å²) >= 11 is 0. The maximum absolute atomic E-state index is 14.0. The maximum Gasteiger partial charge on any atom is 0.416 e. The fourth-order valence-electron chi connectivity index (χ4n) is 5.91. The molecule has 3 aromatic heterocycles. The van der Waals surface area contributed by atoms with E-state index in [2.05, 4.69) is 42.0 Å². The number of aryl methyl sites for hydroxylation is 2. The first-order valence-corrected chi connectivity index (χ1v) is 13.7. The highest BCUT2D eigenvalue weighted by atomic mass is 19.4. The summed E-state index contributed by atoms with van der Waals surface area (Å²) in [6.07, 6.45) is -0.237. The molecule has 6 rings (SSSR count). The molecule has 1 spiro atoms. The van der Waals surface area contributed by atoms with Gasteiger partial charge >= 0.3 is 6.18 Å². The Morgan fingerprint density at radius 2 is 1.79 bits per heavy atom. The van der Waals surface area contributed by atoms with Gasteiger partial charge in [-0.25, -0.2) is 15.0 Å². The first-order valence-electron chi connectivity index (χ1n) is 13.7. The van der Waals surface area contributed by atoms with Crippen LogP contribution in [0.25, 0.3) is 11.0 Å². The molecule has 2 aliphatic heterocycles. The summed E-state index contributed by atoms with van der Waals surface area (Å²) in [4.78, 5) is 34.6. The Labute approximate surface area is 246 Å². The van der Waals surface area contributed by atoms with Crippen LogP contribution in [0.3, 0.4) is 0 Å². The molecule has 3 N–H and O–H groups in total. The lowest BCUT2D eigenvalue weighted by Gasteiger charge is -2.59. The first-order chi connectivity index (χ1) is 20.4. The van der Waals surface area contributed by atoms with Crippen molar-refractivity contribution in [1.82, 2.24) is 29.7 Å². The molecule has 4 aromatic rings. The third kappa shape index (κ3) is 5.74. The van der Waals surface area contributed by atoms with Gasteiger partial charge in [0.1, 0.15) is 16.9 Å². The first kappa shape index (κ1) is 28.5. The molecule has 0 radical (unpaired) electrons. The van der Waals surface area contributed by atoms with Crippen LogP contribution in [0, 0.1) is 31.1 Å². The molecule has 5 heterocycles. The number of nitrogens with zero attached hydrogens (tertiary/aromatic N) is 6. The van der Waals surface area contributed by atoms with Crippen molar-refractivity contribution in [2.24, 2.45) is 5.41 Å². The number of nitrogens with one attached hydrogen (secondary N) is 1. The van der Waals surface area contributed by atoms with E-state index >= 15 is 0 Å². The van der Waals surface area contributed by atoms with E-state index in [1.807, 2.05) is 25.8 Å². The van der Waals surface area contributed by atoms with Crippen LogP contribution in [0.4, 0.5) is 24.7 Å². The lowest BCUT2D eigenvalue weighted by atomic mass is 9.73. The van der Waals surface area contributed by atoms with Crippen molar-refractivity contribution in [3.8, 4) is 11.8 Å². The highest BCUT2D eigenvalue weighted by Crippen LogP contribution is 2.41. The van der Waals surface area contributed by atoms with Gasteiger partial charge in [-0.3, -0.25) is 14.7 Å². The van der Waals surface area contributed by atoms with Gasteiger partial charge < -0.3 is 16.0 Å². The number of hydrogen-bond acceptors (Lipinski definition) is 8. The van der Waals surface area contributed by atoms with Crippen molar-refractivity contribution in [1.29, 1.82) is 0 Å². The van der Waals surface area contributed by atoms with Crippen LogP contribution in [0.15, 0.2) is 42.9 Å². The number of aromatic nitrogens is 4. The Morgan fingerprint density at radius 1 is 1.05 bits per heavy atom. The van der Waals surface area contributed by atoms with E-state index in [1.54, 1.807) is 0 Å². The molecule has 0 atom stereocenters. The molecule has 1 aromatic carbocycles. The predicted molar refractivity (Wildman–Crippen MR) is 156 cm³/mol. The van der Waals surface area contributed by atoms with Crippen LogP contribution >= 0.6 is 0 Å². The molecule has 2 fully saturated rings. The van der Waals surface area contributed by atoms with Crippen LogP contribution in [0.5, 0.6) is 0 Å². The summed E-state index contributed by atoms with van der Waals surface area (Å²) in [5.41, 5.74) is 9.26. The van der Waals surface area contributed by atoms with E-state index in [9.17, 15) is 18.0 Å². The van der Waals surface area contributed by atoms with Gasteiger partial charge in [-0.05, 0) is 44.7 Å². The van der Waals surface area contributed by atoms with Gasteiger partial charge in [0, 0.05) is 61.8 Å². The average molecular weight is 587 g/mol. The van der Waals surface area contributed by atoms with E-state index in [0.717, 1.165) is 43.6 Å². The lowest BCUT2D eigenvalue weighted by Crippen LogP contribution is -2.70. The number of nitrogen functional groups attached to an aromatic ring is 1. The van der Waals surface area contributed by atoms with Crippen LogP contribution in [-0.2, 0) is 12.7 Å². The zero-order chi connectivity index (χ0) is 30.5. The van der Waals surface area contributed by atoms with E-state index in [4.69, 9.17) is 5.73 Å². The highest BCUT2D eigenvalue weighted by molar-refractivity contribution is 6.04. The molecule has 2 aliphatic rings. The average Bonchev–Trinajstić information content (AvgIpc) is 2.92. The SMILES string of the molecule is Cc1nc2cnc(N)c(C#Cc3cncc(C(=O)Nc4ccc(CN5CC6(CN(C)C6)C5)c(C(F)(F)F)c4)c3)c2nc1C. The minimum Gasteiger partial charge on any atom is -0.383 e. The molecule has 0 aliphatic carbocycles. The predicted octanol–water partition coefficient (Wildman–Crippen LogP) is 4.04.